The van der Waals surface area contributed by atoms with Gasteiger partial charge in [-0.2, -0.15) is 0 Å². The Bertz CT molecular complexity index is 688. The number of halogens is 1. The third-order valence-corrected chi connectivity index (χ3v) is 6.76. The molecule has 7 heteroatoms. The molecule has 1 aromatic rings. The van der Waals surface area contributed by atoms with Gasteiger partial charge in [0, 0.05) is 31.7 Å². The first kappa shape index (κ1) is 20.9. The molecule has 1 N–H and O–H groups in total. The molecule has 6 nitrogen and oxygen atoms in total. The lowest BCUT2D eigenvalue weighted by Crippen LogP contribution is -2.49. The van der Waals surface area contributed by atoms with Gasteiger partial charge in [0.15, 0.2) is 0 Å². The number of fused-ring (bicyclic) bond motifs is 3. The van der Waals surface area contributed by atoms with Crippen LogP contribution < -0.4 is 4.90 Å². The summed E-state index contributed by atoms with van der Waals surface area (Å²) in [5.41, 5.74) is 2.37. The summed E-state index contributed by atoms with van der Waals surface area (Å²) in [5.74, 6) is -0.785. The number of carbonyl (C=O) groups is 2. The molecule has 0 unspecified atom stereocenters. The number of amides is 2. The van der Waals surface area contributed by atoms with Crippen LogP contribution in [-0.4, -0.2) is 66.2 Å². The van der Waals surface area contributed by atoms with E-state index < -0.39 is 5.97 Å². The first-order valence-corrected chi connectivity index (χ1v) is 10.1. The van der Waals surface area contributed by atoms with Crippen LogP contribution in [0.3, 0.4) is 0 Å². The molecule has 2 bridgehead atoms. The number of hydrogen-bond acceptors (Lipinski definition) is 3. The van der Waals surface area contributed by atoms with Crippen molar-refractivity contribution in [2.24, 2.45) is 5.41 Å². The van der Waals surface area contributed by atoms with E-state index in [1.807, 2.05) is 34.1 Å². The fraction of sp³-hybridized carbons (Fsp3) is 0.619. The number of aryl methyl sites for hydroxylation is 1. The second kappa shape index (κ2) is 8.70. The minimum Gasteiger partial charge on any atom is -0.481 e. The van der Waals surface area contributed by atoms with E-state index in [9.17, 15) is 9.59 Å². The van der Waals surface area contributed by atoms with Crippen molar-refractivity contribution in [3.8, 4) is 0 Å². The molecule has 28 heavy (non-hydrogen) atoms. The van der Waals surface area contributed by atoms with E-state index in [2.05, 4.69) is 4.90 Å². The van der Waals surface area contributed by atoms with Gasteiger partial charge >= 0.3 is 12.0 Å². The summed E-state index contributed by atoms with van der Waals surface area (Å²) in [6, 6.07) is 7.85. The zero-order valence-electron chi connectivity index (χ0n) is 16.3. The van der Waals surface area contributed by atoms with E-state index >= 15 is 0 Å². The number of anilines is 1. The third-order valence-electron chi connectivity index (χ3n) is 6.76. The van der Waals surface area contributed by atoms with Gasteiger partial charge in [-0.3, -0.25) is 9.69 Å². The highest BCUT2D eigenvalue weighted by Gasteiger charge is 2.40. The first-order chi connectivity index (χ1) is 13.0. The Morgan fingerprint density at radius 1 is 1.00 bits per heavy atom. The highest BCUT2D eigenvalue weighted by atomic mass is 35.5. The molecule has 1 aromatic carbocycles. The third kappa shape index (κ3) is 4.44. The van der Waals surface area contributed by atoms with Crippen LogP contribution in [0, 0.1) is 5.41 Å². The van der Waals surface area contributed by atoms with E-state index in [1.54, 1.807) is 0 Å². The number of hydrogen-bond donors (Lipinski definition) is 1. The van der Waals surface area contributed by atoms with Crippen molar-refractivity contribution in [3.63, 3.8) is 0 Å². The zero-order valence-corrected chi connectivity index (χ0v) is 17.1. The molecule has 0 atom stereocenters. The number of urea groups is 1. The van der Waals surface area contributed by atoms with Gasteiger partial charge in [0.2, 0.25) is 0 Å². The molecule has 0 aliphatic carbocycles. The summed E-state index contributed by atoms with van der Waals surface area (Å²) >= 11 is 0. The molecule has 0 aromatic heterocycles. The van der Waals surface area contributed by atoms with Gasteiger partial charge in [0.05, 0.1) is 0 Å². The Balaban J connectivity index is 0.00000225. The number of aliphatic carboxylic acids is 1. The van der Waals surface area contributed by atoms with Gasteiger partial charge in [0.25, 0.3) is 0 Å². The van der Waals surface area contributed by atoms with Gasteiger partial charge in [-0.1, -0.05) is 12.1 Å². The fourth-order valence-electron chi connectivity index (χ4n) is 4.77. The molecule has 0 saturated carbocycles. The summed E-state index contributed by atoms with van der Waals surface area (Å²) in [6.45, 7) is 6.08. The number of piperidine rings is 3. The topological polar surface area (TPSA) is 64.1 Å². The Morgan fingerprint density at radius 2 is 1.64 bits per heavy atom. The molecule has 4 saturated heterocycles. The van der Waals surface area contributed by atoms with E-state index in [1.165, 1.54) is 38.9 Å². The molecule has 4 aliphatic rings. The molecule has 0 spiro atoms. The molecule has 4 fully saturated rings. The van der Waals surface area contributed by atoms with Gasteiger partial charge < -0.3 is 14.9 Å². The smallest absolute Gasteiger partial charge is 0.324 e. The maximum absolute atomic E-state index is 12.8. The van der Waals surface area contributed by atoms with Crippen LogP contribution in [-0.2, 0) is 11.2 Å². The molecule has 4 aliphatic heterocycles. The maximum atomic E-state index is 12.8. The second-order valence-electron chi connectivity index (χ2n) is 8.32. The molecule has 0 radical (unpaired) electrons. The van der Waals surface area contributed by atoms with Crippen LogP contribution >= 0.6 is 12.4 Å². The Hall–Kier alpha value is -1.79. The lowest BCUT2D eigenvalue weighted by Gasteiger charge is -2.49. The summed E-state index contributed by atoms with van der Waals surface area (Å²) in [5, 5.41) is 8.79. The second-order valence-corrected chi connectivity index (χ2v) is 8.32. The van der Waals surface area contributed by atoms with Crippen molar-refractivity contribution < 1.29 is 14.7 Å². The monoisotopic (exact) mass is 407 g/mol. The highest BCUT2D eigenvalue weighted by molar-refractivity contribution is 5.94. The van der Waals surface area contributed by atoms with Gasteiger partial charge in [-0.15, -0.1) is 12.4 Å². The summed E-state index contributed by atoms with van der Waals surface area (Å²) in [6.07, 6.45) is 5.66. The van der Waals surface area contributed by atoms with Crippen LogP contribution in [0.2, 0.25) is 0 Å². The van der Waals surface area contributed by atoms with Crippen LogP contribution in [0.5, 0.6) is 0 Å². The quantitative estimate of drug-likeness (QED) is 0.753. The van der Waals surface area contributed by atoms with Crippen molar-refractivity contribution >= 4 is 30.1 Å². The zero-order chi connectivity index (χ0) is 18.9. The van der Waals surface area contributed by atoms with Crippen LogP contribution in [0.25, 0.3) is 0 Å². The largest absolute Gasteiger partial charge is 0.481 e. The number of carbonyl (C=O) groups excluding carboxylic acids is 1. The first-order valence-electron chi connectivity index (χ1n) is 10.1. The van der Waals surface area contributed by atoms with E-state index in [0.717, 1.165) is 37.3 Å². The summed E-state index contributed by atoms with van der Waals surface area (Å²) in [4.78, 5) is 30.0. The Morgan fingerprint density at radius 3 is 2.25 bits per heavy atom. The molecule has 2 amide bonds. The van der Waals surface area contributed by atoms with Crippen molar-refractivity contribution in [1.82, 2.24) is 9.80 Å². The van der Waals surface area contributed by atoms with Crippen molar-refractivity contribution in [2.45, 2.75) is 38.5 Å². The molecule has 5 rings (SSSR count). The fourth-order valence-corrected chi connectivity index (χ4v) is 4.77. The Kier molecular flexibility index (Phi) is 6.50. The van der Waals surface area contributed by atoms with Crippen molar-refractivity contribution in [2.75, 3.05) is 44.2 Å². The van der Waals surface area contributed by atoms with E-state index in [-0.39, 0.29) is 24.9 Å². The summed E-state index contributed by atoms with van der Waals surface area (Å²) in [7, 11) is 0. The molecular formula is C21H30ClN3O3. The molecule has 4 heterocycles. The highest BCUT2D eigenvalue weighted by Crippen LogP contribution is 2.43. The van der Waals surface area contributed by atoms with Gasteiger partial charge in [-0.25, -0.2) is 4.79 Å². The number of carboxylic acids is 1. The normalized spacial score (nSPS) is 26.4. The van der Waals surface area contributed by atoms with Gasteiger partial charge in [0.1, 0.15) is 0 Å². The van der Waals surface area contributed by atoms with Crippen LogP contribution in [0.4, 0.5) is 10.5 Å². The predicted octanol–water partition coefficient (Wildman–Crippen LogP) is 3.24. The van der Waals surface area contributed by atoms with Crippen molar-refractivity contribution in [1.29, 1.82) is 0 Å². The number of benzene rings is 1. The average Bonchev–Trinajstić information content (AvgIpc) is 3.07. The summed E-state index contributed by atoms with van der Waals surface area (Å²) < 4.78 is 0. The predicted molar refractivity (Wildman–Crippen MR) is 111 cm³/mol. The number of rotatable bonds is 7. The lowest BCUT2D eigenvalue weighted by molar-refractivity contribution is -0.136. The standard InChI is InChI=1S/C21H29N3O3.ClH/c25-19(26)6-3-17-1-4-18(5-2-17)24-16-15-23(20(24)27)14-10-21-7-11-22(12-8-21)13-9-21;/h1-2,4-5H,3,6-16H2,(H,25,26);1H. The van der Waals surface area contributed by atoms with E-state index in [0.29, 0.717) is 11.8 Å². The minimum atomic E-state index is -0.785. The molecule has 154 valence electrons. The number of carboxylic acid groups (broad SMARTS) is 1. The van der Waals surface area contributed by atoms with Crippen LogP contribution in [0.1, 0.15) is 37.7 Å². The SMILES string of the molecule is Cl.O=C(O)CCc1ccc(N2CCN(CCC34CCN(CC3)CC4)C2=O)cc1. The lowest BCUT2D eigenvalue weighted by atomic mass is 9.70. The maximum Gasteiger partial charge on any atom is 0.324 e. The van der Waals surface area contributed by atoms with E-state index in [4.69, 9.17) is 5.11 Å². The van der Waals surface area contributed by atoms with Gasteiger partial charge in [-0.05, 0) is 74.8 Å². The minimum absolute atomic E-state index is 0. The average molecular weight is 408 g/mol. The van der Waals surface area contributed by atoms with Crippen LogP contribution in [0.15, 0.2) is 24.3 Å². The van der Waals surface area contributed by atoms with Crippen molar-refractivity contribution in [3.05, 3.63) is 29.8 Å². The molecular weight excluding hydrogens is 378 g/mol. The Labute approximate surface area is 172 Å². The number of nitrogens with zero attached hydrogens (tertiary/aromatic N) is 3.